The molecule has 0 aromatic heterocycles. The molecule has 0 radical (unpaired) electrons. The maximum atomic E-state index is 5.65. The topological polar surface area (TPSA) is 38.0 Å². The van der Waals surface area contributed by atoms with Crippen LogP contribution in [0.4, 0.5) is 0 Å². The second-order valence-electron chi connectivity index (χ2n) is 4.61. The van der Waals surface area contributed by atoms with Crippen molar-refractivity contribution in [1.82, 2.24) is 5.32 Å². The van der Waals surface area contributed by atoms with E-state index in [1.807, 2.05) is 0 Å². The molecule has 0 bridgehead atoms. The minimum Gasteiger partial charge on any atom is -0.328 e. The summed E-state index contributed by atoms with van der Waals surface area (Å²) in [6.45, 7) is 6.69. The zero-order valence-electron chi connectivity index (χ0n) is 8.40. The zero-order chi connectivity index (χ0) is 9.03. The lowest BCUT2D eigenvalue weighted by molar-refractivity contribution is 0.157. The fourth-order valence-electron chi connectivity index (χ4n) is 1.68. The van der Waals surface area contributed by atoms with E-state index >= 15 is 0 Å². The van der Waals surface area contributed by atoms with Crippen LogP contribution in [0, 0.1) is 5.41 Å². The van der Waals surface area contributed by atoms with Crippen LogP contribution < -0.4 is 11.1 Å². The van der Waals surface area contributed by atoms with Gasteiger partial charge in [0.1, 0.15) is 0 Å². The molecule has 0 amide bonds. The van der Waals surface area contributed by atoms with Crippen LogP contribution in [0.15, 0.2) is 0 Å². The van der Waals surface area contributed by atoms with E-state index in [0.717, 1.165) is 13.0 Å². The molecule has 0 aromatic rings. The third-order valence-corrected chi connectivity index (χ3v) is 2.89. The van der Waals surface area contributed by atoms with Gasteiger partial charge in [-0.1, -0.05) is 13.3 Å². The van der Waals surface area contributed by atoms with Crippen LogP contribution >= 0.6 is 0 Å². The molecule has 0 heterocycles. The van der Waals surface area contributed by atoms with E-state index in [1.54, 1.807) is 0 Å². The van der Waals surface area contributed by atoms with Gasteiger partial charge in [0.2, 0.25) is 0 Å². The number of hydrogen-bond donors (Lipinski definition) is 2. The highest BCUT2D eigenvalue weighted by Crippen LogP contribution is 2.39. The lowest BCUT2D eigenvalue weighted by Crippen LogP contribution is -2.38. The molecule has 0 spiro atoms. The van der Waals surface area contributed by atoms with Gasteiger partial charge in [0.15, 0.2) is 0 Å². The Balaban J connectivity index is 1.95. The van der Waals surface area contributed by atoms with Crippen molar-refractivity contribution in [3.8, 4) is 0 Å². The van der Waals surface area contributed by atoms with Gasteiger partial charge in [-0.2, -0.15) is 0 Å². The van der Waals surface area contributed by atoms with Gasteiger partial charge < -0.3 is 11.1 Å². The normalized spacial score (nSPS) is 23.2. The largest absolute Gasteiger partial charge is 0.328 e. The molecular formula is C10H22N2. The first-order chi connectivity index (χ1) is 5.62. The predicted octanol–water partition coefficient (Wildman–Crippen LogP) is 1.50. The zero-order valence-corrected chi connectivity index (χ0v) is 8.40. The van der Waals surface area contributed by atoms with Crippen molar-refractivity contribution in [3.63, 3.8) is 0 Å². The Labute approximate surface area is 75.9 Å². The van der Waals surface area contributed by atoms with Crippen molar-refractivity contribution in [1.29, 1.82) is 0 Å². The van der Waals surface area contributed by atoms with Gasteiger partial charge in [0.25, 0.3) is 0 Å². The van der Waals surface area contributed by atoms with Gasteiger partial charge in [0.05, 0.1) is 0 Å². The van der Waals surface area contributed by atoms with E-state index in [4.69, 9.17) is 5.73 Å². The SMILES string of the molecule is CC(N)CCNCC1(C)CCC1. The maximum absolute atomic E-state index is 5.65. The molecular weight excluding hydrogens is 148 g/mol. The highest BCUT2D eigenvalue weighted by molar-refractivity contribution is 4.85. The van der Waals surface area contributed by atoms with E-state index in [1.165, 1.54) is 25.8 Å². The van der Waals surface area contributed by atoms with E-state index in [9.17, 15) is 0 Å². The van der Waals surface area contributed by atoms with E-state index in [2.05, 4.69) is 19.2 Å². The lowest BCUT2D eigenvalue weighted by atomic mass is 9.70. The minimum absolute atomic E-state index is 0.340. The fraction of sp³-hybridized carbons (Fsp3) is 1.00. The van der Waals surface area contributed by atoms with Gasteiger partial charge in [-0.3, -0.25) is 0 Å². The van der Waals surface area contributed by atoms with Crippen molar-refractivity contribution in [2.75, 3.05) is 13.1 Å². The third-order valence-electron chi connectivity index (χ3n) is 2.89. The molecule has 1 aliphatic rings. The van der Waals surface area contributed by atoms with Crippen molar-refractivity contribution < 1.29 is 0 Å². The summed E-state index contributed by atoms with van der Waals surface area (Å²) in [7, 11) is 0. The van der Waals surface area contributed by atoms with E-state index in [0.29, 0.717) is 11.5 Å². The quantitative estimate of drug-likeness (QED) is 0.614. The smallest absolute Gasteiger partial charge is 0.00225 e. The molecule has 12 heavy (non-hydrogen) atoms. The van der Waals surface area contributed by atoms with Gasteiger partial charge in [0, 0.05) is 12.6 Å². The second kappa shape index (κ2) is 4.24. The number of rotatable bonds is 5. The second-order valence-corrected chi connectivity index (χ2v) is 4.61. The first kappa shape index (κ1) is 10.0. The first-order valence-corrected chi connectivity index (χ1v) is 5.09. The van der Waals surface area contributed by atoms with Crippen molar-refractivity contribution in [3.05, 3.63) is 0 Å². The molecule has 1 unspecified atom stereocenters. The molecule has 0 saturated heterocycles. The number of nitrogens with one attached hydrogen (secondary N) is 1. The Kier molecular flexibility index (Phi) is 3.53. The fourth-order valence-corrected chi connectivity index (χ4v) is 1.68. The Morgan fingerprint density at radius 1 is 1.50 bits per heavy atom. The van der Waals surface area contributed by atoms with Crippen LogP contribution in [0.3, 0.4) is 0 Å². The molecule has 1 rings (SSSR count). The summed E-state index contributed by atoms with van der Waals surface area (Å²) >= 11 is 0. The molecule has 0 aromatic carbocycles. The van der Waals surface area contributed by atoms with Crippen LogP contribution in [-0.2, 0) is 0 Å². The highest BCUT2D eigenvalue weighted by atomic mass is 14.9. The summed E-state index contributed by atoms with van der Waals surface area (Å²) in [5.74, 6) is 0. The monoisotopic (exact) mass is 170 g/mol. The predicted molar refractivity (Wildman–Crippen MR) is 53.1 cm³/mol. The molecule has 1 aliphatic carbocycles. The molecule has 2 nitrogen and oxygen atoms in total. The lowest BCUT2D eigenvalue weighted by Gasteiger charge is -2.38. The number of nitrogens with two attached hydrogens (primary N) is 1. The summed E-state index contributed by atoms with van der Waals surface area (Å²) in [5.41, 5.74) is 6.26. The van der Waals surface area contributed by atoms with Gasteiger partial charge in [-0.15, -0.1) is 0 Å². The van der Waals surface area contributed by atoms with Crippen LogP contribution in [0.25, 0.3) is 0 Å². The summed E-state index contributed by atoms with van der Waals surface area (Å²) < 4.78 is 0. The molecule has 3 N–H and O–H groups in total. The average Bonchev–Trinajstić information content (AvgIpc) is 1.94. The third kappa shape index (κ3) is 3.11. The van der Waals surface area contributed by atoms with Crippen molar-refractivity contribution in [2.45, 2.75) is 45.6 Å². The van der Waals surface area contributed by atoms with E-state index in [-0.39, 0.29) is 0 Å². The summed E-state index contributed by atoms with van der Waals surface area (Å²) in [6, 6.07) is 0.340. The van der Waals surface area contributed by atoms with Gasteiger partial charge in [-0.05, 0) is 38.1 Å². The number of hydrogen-bond acceptors (Lipinski definition) is 2. The Hall–Kier alpha value is -0.0800. The van der Waals surface area contributed by atoms with E-state index < -0.39 is 0 Å². The molecule has 72 valence electrons. The van der Waals surface area contributed by atoms with Crippen LogP contribution in [0.1, 0.15) is 39.5 Å². The maximum Gasteiger partial charge on any atom is 0.00225 e. The molecule has 1 saturated carbocycles. The standard InChI is InChI=1S/C10H22N2/c1-9(11)4-7-12-8-10(2)5-3-6-10/h9,12H,3-8,11H2,1-2H3. The molecule has 2 heteroatoms. The first-order valence-electron chi connectivity index (χ1n) is 5.09. The van der Waals surface area contributed by atoms with Crippen LogP contribution in [0.2, 0.25) is 0 Å². The summed E-state index contributed by atoms with van der Waals surface area (Å²) in [6.07, 6.45) is 5.32. The van der Waals surface area contributed by atoms with Gasteiger partial charge in [-0.25, -0.2) is 0 Å². The molecule has 1 fully saturated rings. The van der Waals surface area contributed by atoms with Gasteiger partial charge >= 0.3 is 0 Å². The Morgan fingerprint density at radius 2 is 2.17 bits per heavy atom. The van der Waals surface area contributed by atoms with Crippen LogP contribution in [-0.4, -0.2) is 19.1 Å². The molecule has 0 aliphatic heterocycles. The van der Waals surface area contributed by atoms with Crippen LogP contribution in [0.5, 0.6) is 0 Å². The van der Waals surface area contributed by atoms with Crippen molar-refractivity contribution in [2.24, 2.45) is 11.1 Å². The summed E-state index contributed by atoms with van der Waals surface area (Å²) in [5, 5.41) is 3.48. The van der Waals surface area contributed by atoms with Crippen molar-refractivity contribution >= 4 is 0 Å². The summed E-state index contributed by atoms with van der Waals surface area (Å²) in [4.78, 5) is 0. The Morgan fingerprint density at radius 3 is 2.58 bits per heavy atom. The highest BCUT2D eigenvalue weighted by Gasteiger charge is 2.30. The average molecular weight is 170 g/mol. The Bertz CT molecular complexity index is 128. The minimum atomic E-state index is 0.340. The molecule has 1 atom stereocenters.